The van der Waals surface area contributed by atoms with Crippen molar-refractivity contribution in [3.63, 3.8) is 0 Å². The number of carbonyl (C=O) groups is 2. The molecule has 5 heteroatoms. The Morgan fingerprint density at radius 1 is 0.758 bits per heavy atom. The van der Waals surface area contributed by atoms with Crippen LogP contribution in [0.15, 0.2) is 97.1 Å². The standard InChI is InChI=1S/C28H21FN2O2/c29-25-11-5-3-10-24(25)27(32)30-21-15-13-20(14-16-21)28(33)31-18-17-19-7-1-2-8-22(19)23-9-4-6-12-26(23)31/h1-16H,17-18H2,(H,30,32). The van der Waals surface area contributed by atoms with Gasteiger partial charge in [0.2, 0.25) is 0 Å². The normalized spacial score (nSPS) is 12.3. The van der Waals surface area contributed by atoms with E-state index in [0.717, 1.165) is 23.2 Å². The monoisotopic (exact) mass is 436 g/mol. The Balaban J connectivity index is 1.39. The third kappa shape index (κ3) is 4.01. The summed E-state index contributed by atoms with van der Waals surface area (Å²) >= 11 is 0. The molecular weight excluding hydrogens is 415 g/mol. The van der Waals surface area contributed by atoms with Crippen molar-refractivity contribution in [1.82, 2.24) is 0 Å². The largest absolute Gasteiger partial charge is 0.322 e. The summed E-state index contributed by atoms with van der Waals surface area (Å²) in [6, 6.07) is 28.7. The maximum Gasteiger partial charge on any atom is 0.258 e. The van der Waals surface area contributed by atoms with Crippen molar-refractivity contribution in [1.29, 1.82) is 0 Å². The molecule has 0 unspecified atom stereocenters. The van der Waals surface area contributed by atoms with E-state index in [-0.39, 0.29) is 11.5 Å². The molecule has 0 saturated heterocycles. The Hall–Kier alpha value is -4.25. The summed E-state index contributed by atoms with van der Waals surface area (Å²) < 4.78 is 13.9. The molecular formula is C28H21FN2O2. The molecule has 1 aliphatic rings. The van der Waals surface area contributed by atoms with Gasteiger partial charge >= 0.3 is 0 Å². The summed E-state index contributed by atoms with van der Waals surface area (Å²) in [5.74, 6) is -1.23. The molecule has 0 aromatic heterocycles. The first-order valence-corrected chi connectivity index (χ1v) is 10.8. The van der Waals surface area contributed by atoms with E-state index in [1.807, 2.05) is 41.3 Å². The molecule has 1 N–H and O–H groups in total. The molecule has 1 aliphatic heterocycles. The number of para-hydroxylation sites is 1. The zero-order valence-corrected chi connectivity index (χ0v) is 17.8. The number of rotatable bonds is 3. The fourth-order valence-electron chi connectivity index (χ4n) is 4.20. The maximum atomic E-state index is 13.9. The van der Waals surface area contributed by atoms with Crippen LogP contribution in [0.4, 0.5) is 15.8 Å². The molecule has 0 radical (unpaired) electrons. The van der Waals surface area contributed by atoms with Crippen molar-refractivity contribution in [3.8, 4) is 11.1 Å². The summed E-state index contributed by atoms with van der Waals surface area (Å²) in [6.07, 6.45) is 0.757. The maximum absolute atomic E-state index is 13.9. The van der Waals surface area contributed by atoms with Crippen LogP contribution in [0.3, 0.4) is 0 Å². The van der Waals surface area contributed by atoms with E-state index in [9.17, 15) is 14.0 Å². The molecule has 0 fully saturated rings. The minimum atomic E-state index is -0.581. The van der Waals surface area contributed by atoms with Gasteiger partial charge in [-0.15, -0.1) is 0 Å². The third-order valence-electron chi connectivity index (χ3n) is 5.86. The summed E-state index contributed by atoms with van der Waals surface area (Å²) in [4.78, 5) is 27.6. The van der Waals surface area contributed by atoms with Gasteiger partial charge in [-0.1, -0.05) is 54.6 Å². The average Bonchev–Trinajstić information content (AvgIpc) is 3.01. The highest BCUT2D eigenvalue weighted by atomic mass is 19.1. The van der Waals surface area contributed by atoms with Crippen LogP contribution >= 0.6 is 0 Å². The molecule has 4 aromatic rings. The van der Waals surface area contributed by atoms with E-state index >= 15 is 0 Å². The number of halogens is 1. The lowest BCUT2D eigenvalue weighted by atomic mass is 9.98. The van der Waals surface area contributed by atoms with Crippen molar-refractivity contribution >= 4 is 23.2 Å². The first kappa shape index (κ1) is 20.6. The van der Waals surface area contributed by atoms with Gasteiger partial charge < -0.3 is 10.2 Å². The second-order valence-electron chi connectivity index (χ2n) is 7.89. The van der Waals surface area contributed by atoms with Crippen LogP contribution < -0.4 is 10.2 Å². The molecule has 33 heavy (non-hydrogen) atoms. The second-order valence-corrected chi connectivity index (χ2v) is 7.89. The van der Waals surface area contributed by atoms with E-state index in [1.54, 1.807) is 30.3 Å². The highest BCUT2D eigenvalue weighted by Crippen LogP contribution is 2.36. The minimum absolute atomic E-state index is 0.0293. The zero-order valence-electron chi connectivity index (χ0n) is 17.8. The van der Waals surface area contributed by atoms with Gasteiger partial charge in [0.25, 0.3) is 11.8 Å². The van der Waals surface area contributed by atoms with E-state index in [1.165, 1.54) is 23.8 Å². The number of hydrogen-bond donors (Lipinski definition) is 1. The van der Waals surface area contributed by atoms with Crippen molar-refractivity contribution < 1.29 is 14.0 Å². The van der Waals surface area contributed by atoms with Gasteiger partial charge in [0, 0.05) is 23.4 Å². The minimum Gasteiger partial charge on any atom is -0.322 e. The summed E-state index contributed by atoms with van der Waals surface area (Å²) in [6.45, 7) is 0.568. The molecule has 0 atom stereocenters. The lowest BCUT2D eigenvalue weighted by Gasteiger charge is -2.23. The summed E-state index contributed by atoms with van der Waals surface area (Å²) in [5, 5.41) is 2.68. The zero-order chi connectivity index (χ0) is 22.8. The van der Waals surface area contributed by atoms with E-state index in [0.29, 0.717) is 17.8 Å². The number of carbonyl (C=O) groups excluding carboxylic acids is 2. The fraction of sp³-hybridized carbons (Fsp3) is 0.0714. The van der Waals surface area contributed by atoms with Gasteiger partial charge in [-0.2, -0.15) is 0 Å². The van der Waals surface area contributed by atoms with Gasteiger partial charge in [0.05, 0.1) is 11.3 Å². The average molecular weight is 436 g/mol. The molecule has 0 saturated carbocycles. The van der Waals surface area contributed by atoms with Gasteiger partial charge in [0.15, 0.2) is 0 Å². The fourth-order valence-corrected chi connectivity index (χ4v) is 4.20. The predicted molar refractivity (Wildman–Crippen MR) is 128 cm³/mol. The number of nitrogens with one attached hydrogen (secondary N) is 1. The Morgan fingerprint density at radius 3 is 2.21 bits per heavy atom. The van der Waals surface area contributed by atoms with Crippen molar-refractivity contribution in [2.75, 3.05) is 16.8 Å². The van der Waals surface area contributed by atoms with Crippen LogP contribution in [0.1, 0.15) is 26.3 Å². The predicted octanol–water partition coefficient (Wildman–Crippen LogP) is 5.95. The Kier molecular flexibility index (Phi) is 5.45. The molecule has 4 aromatic carbocycles. The third-order valence-corrected chi connectivity index (χ3v) is 5.86. The van der Waals surface area contributed by atoms with Crippen LogP contribution in [0.5, 0.6) is 0 Å². The van der Waals surface area contributed by atoms with Crippen LogP contribution in [0.2, 0.25) is 0 Å². The smallest absolute Gasteiger partial charge is 0.258 e. The van der Waals surface area contributed by atoms with Crippen molar-refractivity contribution in [2.24, 2.45) is 0 Å². The number of anilines is 2. The summed E-state index contributed by atoms with van der Waals surface area (Å²) in [7, 11) is 0. The molecule has 0 aliphatic carbocycles. The van der Waals surface area contributed by atoms with Crippen LogP contribution in [-0.4, -0.2) is 18.4 Å². The number of fused-ring (bicyclic) bond motifs is 3. The molecule has 4 nitrogen and oxygen atoms in total. The summed E-state index contributed by atoms with van der Waals surface area (Å²) in [5.41, 5.74) is 5.25. The molecule has 0 bridgehead atoms. The number of hydrogen-bond acceptors (Lipinski definition) is 2. The van der Waals surface area contributed by atoms with Crippen LogP contribution in [0, 0.1) is 5.82 Å². The van der Waals surface area contributed by atoms with Crippen LogP contribution in [0.25, 0.3) is 11.1 Å². The Morgan fingerprint density at radius 2 is 1.42 bits per heavy atom. The van der Waals surface area contributed by atoms with Gasteiger partial charge in [0.1, 0.15) is 5.82 Å². The van der Waals surface area contributed by atoms with E-state index in [4.69, 9.17) is 0 Å². The lowest BCUT2D eigenvalue weighted by Crippen LogP contribution is -2.32. The number of amides is 2. The second kappa shape index (κ2) is 8.71. The molecule has 5 rings (SSSR count). The molecule has 162 valence electrons. The van der Waals surface area contributed by atoms with Crippen molar-refractivity contribution in [2.45, 2.75) is 6.42 Å². The highest BCUT2D eigenvalue weighted by Gasteiger charge is 2.24. The SMILES string of the molecule is O=C(Nc1ccc(C(=O)N2CCc3ccccc3-c3ccccc32)cc1)c1ccccc1F. The van der Waals surface area contributed by atoms with Gasteiger partial charge in [-0.05, 0) is 60.0 Å². The molecule has 1 heterocycles. The first-order chi connectivity index (χ1) is 16.1. The van der Waals surface area contributed by atoms with Crippen LogP contribution in [-0.2, 0) is 6.42 Å². The van der Waals surface area contributed by atoms with E-state index < -0.39 is 11.7 Å². The van der Waals surface area contributed by atoms with Gasteiger partial charge in [-0.3, -0.25) is 9.59 Å². The molecule has 0 spiro atoms. The Bertz CT molecular complexity index is 1350. The quantitative estimate of drug-likeness (QED) is 0.432. The highest BCUT2D eigenvalue weighted by molar-refractivity contribution is 6.09. The van der Waals surface area contributed by atoms with Crippen molar-refractivity contribution in [3.05, 3.63) is 120 Å². The molecule has 2 amide bonds. The number of nitrogens with zero attached hydrogens (tertiary/aromatic N) is 1. The Labute approximate surface area is 191 Å². The lowest BCUT2D eigenvalue weighted by molar-refractivity contribution is 0.0986. The van der Waals surface area contributed by atoms with E-state index in [2.05, 4.69) is 17.4 Å². The first-order valence-electron chi connectivity index (χ1n) is 10.8. The number of benzene rings is 4. The van der Waals surface area contributed by atoms with Gasteiger partial charge in [-0.25, -0.2) is 4.39 Å². The topological polar surface area (TPSA) is 49.4 Å².